The van der Waals surface area contributed by atoms with Crippen molar-refractivity contribution in [3.63, 3.8) is 0 Å². The van der Waals surface area contributed by atoms with Gasteiger partial charge < -0.3 is 9.80 Å². The molecule has 1 fully saturated rings. The van der Waals surface area contributed by atoms with Crippen LogP contribution >= 0.6 is 0 Å². The molecular formula is C16H21N5O2S. The Balaban J connectivity index is 1.80. The third-order valence-electron chi connectivity index (χ3n) is 4.14. The standard InChI is InChI=1S/C16H21N5O2S/c1-12-11-18-13(2)16(19-12)21-9-7-20(8-10-21)14-5-3-4-6-15(14)24(17,22)23/h3-6,11H,7-10H2,1-2H3,(H2,17,22,23). The number of nitrogens with two attached hydrogens (primary N) is 1. The molecule has 0 amide bonds. The number of nitrogens with zero attached hydrogens (tertiary/aromatic N) is 4. The molecule has 7 nitrogen and oxygen atoms in total. The minimum absolute atomic E-state index is 0.171. The Bertz CT molecular complexity index is 845. The summed E-state index contributed by atoms with van der Waals surface area (Å²) in [6, 6.07) is 6.86. The van der Waals surface area contributed by atoms with E-state index in [-0.39, 0.29) is 4.90 Å². The van der Waals surface area contributed by atoms with Gasteiger partial charge in [-0.15, -0.1) is 0 Å². The van der Waals surface area contributed by atoms with Crippen molar-refractivity contribution in [2.75, 3.05) is 36.0 Å². The number of primary sulfonamides is 1. The van der Waals surface area contributed by atoms with Gasteiger partial charge in [-0.05, 0) is 26.0 Å². The molecule has 0 saturated carbocycles. The van der Waals surface area contributed by atoms with Crippen LogP contribution in [0.3, 0.4) is 0 Å². The van der Waals surface area contributed by atoms with Crippen molar-refractivity contribution < 1.29 is 8.42 Å². The maximum absolute atomic E-state index is 11.8. The van der Waals surface area contributed by atoms with Crippen LogP contribution in [-0.2, 0) is 10.0 Å². The van der Waals surface area contributed by atoms with Crippen molar-refractivity contribution in [2.45, 2.75) is 18.7 Å². The van der Waals surface area contributed by atoms with E-state index in [9.17, 15) is 8.42 Å². The maximum atomic E-state index is 11.8. The Labute approximate surface area is 142 Å². The highest BCUT2D eigenvalue weighted by molar-refractivity contribution is 7.89. The van der Waals surface area contributed by atoms with Crippen molar-refractivity contribution in [2.24, 2.45) is 5.14 Å². The number of aromatic nitrogens is 2. The number of anilines is 2. The molecule has 24 heavy (non-hydrogen) atoms. The highest BCUT2D eigenvalue weighted by Gasteiger charge is 2.24. The lowest BCUT2D eigenvalue weighted by atomic mass is 10.2. The summed E-state index contributed by atoms with van der Waals surface area (Å²) in [7, 11) is -3.74. The molecule has 1 aliphatic rings. The third kappa shape index (κ3) is 3.34. The van der Waals surface area contributed by atoms with Crippen LogP contribution in [-0.4, -0.2) is 44.6 Å². The second-order valence-electron chi connectivity index (χ2n) is 5.91. The average Bonchev–Trinajstić information content (AvgIpc) is 2.56. The summed E-state index contributed by atoms with van der Waals surface area (Å²) in [4.78, 5) is 13.4. The quantitative estimate of drug-likeness (QED) is 0.893. The van der Waals surface area contributed by atoms with Gasteiger partial charge in [0.25, 0.3) is 0 Å². The van der Waals surface area contributed by atoms with E-state index in [0.29, 0.717) is 18.8 Å². The summed E-state index contributed by atoms with van der Waals surface area (Å²) in [5.41, 5.74) is 2.45. The normalized spacial score (nSPS) is 15.6. The first-order valence-electron chi connectivity index (χ1n) is 7.78. The number of hydrogen-bond acceptors (Lipinski definition) is 6. The lowest BCUT2D eigenvalue weighted by Gasteiger charge is -2.37. The summed E-state index contributed by atoms with van der Waals surface area (Å²) < 4.78 is 23.6. The van der Waals surface area contributed by atoms with Gasteiger partial charge in [0.2, 0.25) is 10.0 Å². The van der Waals surface area contributed by atoms with E-state index in [2.05, 4.69) is 19.8 Å². The van der Waals surface area contributed by atoms with Gasteiger partial charge in [0.15, 0.2) is 0 Å². The SMILES string of the molecule is Cc1cnc(C)c(N2CCN(c3ccccc3S(N)(=O)=O)CC2)n1. The third-order valence-corrected chi connectivity index (χ3v) is 5.10. The van der Waals surface area contributed by atoms with Crippen LogP contribution < -0.4 is 14.9 Å². The van der Waals surface area contributed by atoms with E-state index in [1.807, 2.05) is 19.9 Å². The van der Waals surface area contributed by atoms with E-state index >= 15 is 0 Å². The van der Waals surface area contributed by atoms with E-state index in [4.69, 9.17) is 5.14 Å². The molecule has 1 aromatic carbocycles. The Morgan fingerprint density at radius 2 is 1.67 bits per heavy atom. The summed E-state index contributed by atoms with van der Waals surface area (Å²) in [5, 5.41) is 5.34. The van der Waals surface area contributed by atoms with Crippen LogP contribution in [0.2, 0.25) is 0 Å². The molecule has 2 aromatic rings. The van der Waals surface area contributed by atoms with Crippen molar-refractivity contribution in [3.8, 4) is 0 Å². The monoisotopic (exact) mass is 347 g/mol. The van der Waals surface area contributed by atoms with Crippen molar-refractivity contribution in [1.82, 2.24) is 9.97 Å². The molecule has 0 atom stereocenters. The van der Waals surface area contributed by atoms with Gasteiger partial charge in [-0.2, -0.15) is 0 Å². The Morgan fingerprint density at radius 1 is 1.04 bits per heavy atom. The van der Waals surface area contributed by atoms with E-state index < -0.39 is 10.0 Å². The van der Waals surface area contributed by atoms with Crippen LogP contribution in [0.15, 0.2) is 35.4 Å². The summed E-state index contributed by atoms with van der Waals surface area (Å²) in [6.45, 7) is 6.76. The van der Waals surface area contributed by atoms with E-state index in [1.165, 1.54) is 0 Å². The molecule has 1 aliphatic heterocycles. The highest BCUT2D eigenvalue weighted by Crippen LogP contribution is 2.26. The minimum Gasteiger partial charge on any atom is -0.367 e. The van der Waals surface area contributed by atoms with Gasteiger partial charge in [0.1, 0.15) is 10.7 Å². The first kappa shape index (κ1) is 16.7. The van der Waals surface area contributed by atoms with Crippen LogP contribution in [0.4, 0.5) is 11.5 Å². The van der Waals surface area contributed by atoms with Crippen molar-refractivity contribution in [1.29, 1.82) is 0 Å². The molecule has 0 radical (unpaired) electrons. The molecule has 3 rings (SSSR count). The second kappa shape index (κ2) is 6.37. The van der Waals surface area contributed by atoms with Gasteiger partial charge in [0.05, 0.1) is 17.1 Å². The lowest BCUT2D eigenvalue weighted by molar-refractivity contribution is 0.595. The Kier molecular flexibility index (Phi) is 4.42. The van der Waals surface area contributed by atoms with Gasteiger partial charge >= 0.3 is 0 Å². The first-order valence-corrected chi connectivity index (χ1v) is 9.33. The fraction of sp³-hybridized carbons (Fsp3) is 0.375. The first-order chi connectivity index (χ1) is 11.4. The van der Waals surface area contributed by atoms with Crippen LogP contribution in [0.25, 0.3) is 0 Å². The lowest BCUT2D eigenvalue weighted by Crippen LogP contribution is -2.47. The zero-order chi connectivity index (χ0) is 17.3. The van der Waals surface area contributed by atoms with Gasteiger partial charge in [-0.25, -0.2) is 18.5 Å². The van der Waals surface area contributed by atoms with Gasteiger partial charge in [-0.3, -0.25) is 4.98 Å². The molecule has 0 unspecified atom stereocenters. The maximum Gasteiger partial charge on any atom is 0.240 e. The molecule has 8 heteroatoms. The molecule has 0 bridgehead atoms. The molecule has 1 saturated heterocycles. The number of piperazine rings is 1. The largest absolute Gasteiger partial charge is 0.367 e. The Hall–Kier alpha value is -2.19. The molecule has 2 heterocycles. The van der Waals surface area contributed by atoms with Gasteiger partial charge in [0, 0.05) is 32.4 Å². The van der Waals surface area contributed by atoms with E-state index in [1.54, 1.807) is 24.4 Å². The summed E-state index contributed by atoms with van der Waals surface area (Å²) in [6.07, 6.45) is 1.76. The molecule has 1 aromatic heterocycles. The van der Waals surface area contributed by atoms with E-state index in [0.717, 1.165) is 30.3 Å². The average molecular weight is 347 g/mol. The Morgan fingerprint density at radius 3 is 2.33 bits per heavy atom. The zero-order valence-electron chi connectivity index (χ0n) is 13.8. The molecule has 0 spiro atoms. The fourth-order valence-electron chi connectivity index (χ4n) is 2.94. The van der Waals surface area contributed by atoms with Gasteiger partial charge in [-0.1, -0.05) is 12.1 Å². The molecule has 0 aliphatic carbocycles. The summed E-state index contributed by atoms with van der Waals surface area (Å²) >= 11 is 0. The number of aryl methyl sites for hydroxylation is 2. The summed E-state index contributed by atoms with van der Waals surface area (Å²) in [5.74, 6) is 0.898. The smallest absolute Gasteiger partial charge is 0.240 e. The number of sulfonamides is 1. The number of hydrogen-bond donors (Lipinski definition) is 1. The number of para-hydroxylation sites is 1. The van der Waals surface area contributed by atoms with Crippen LogP contribution in [0.5, 0.6) is 0 Å². The molecular weight excluding hydrogens is 326 g/mol. The second-order valence-corrected chi connectivity index (χ2v) is 7.44. The predicted octanol–water partition coefficient (Wildman–Crippen LogP) is 1.07. The minimum atomic E-state index is -3.74. The molecule has 2 N–H and O–H groups in total. The predicted molar refractivity (Wildman–Crippen MR) is 93.7 cm³/mol. The van der Waals surface area contributed by atoms with Crippen molar-refractivity contribution in [3.05, 3.63) is 41.9 Å². The highest BCUT2D eigenvalue weighted by atomic mass is 32.2. The number of benzene rings is 1. The fourth-order valence-corrected chi connectivity index (χ4v) is 3.70. The topological polar surface area (TPSA) is 92.4 Å². The van der Waals surface area contributed by atoms with Crippen LogP contribution in [0, 0.1) is 13.8 Å². The number of rotatable bonds is 3. The zero-order valence-corrected chi connectivity index (χ0v) is 14.6. The molecule has 128 valence electrons. The van der Waals surface area contributed by atoms with Crippen molar-refractivity contribution >= 4 is 21.5 Å². The van der Waals surface area contributed by atoms with Crippen LogP contribution in [0.1, 0.15) is 11.4 Å².